The molecule has 4 aromatic carbocycles. The Morgan fingerprint density at radius 1 is 0.535 bits per heavy atom. The molecule has 0 bridgehead atoms. The van der Waals surface area contributed by atoms with Crippen LogP contribution in [0.2, 0.25) is 0 Å². The number of anilines is 2. The van der Waals surface area contributed by atoms with Gasteiger partial charge >= 0.3 is 0 Å². The van der Waals surface area contributed by atoms with E-state index in [9.17, 15) is 4.79 Å². The third-order valence-corrected chi connectivity index (χ3v) is 15.5. The number of carbonyl (C=O) groups is 1. The second kappa shape index (κ2) is 24.7. The largest absolute Gasteiger partial charge is 0.490 e. The van der Waals surface area contributed by atoms with Crippen LogP contribution in [0.4, 0.5) is 11.6 Å². The molecule has 4 aliphatic rings. The van der Waals surface area contributed by atoms with E-state index in [1.165, 1.54) is 67.7 Å². The molecule has 9 nitrogen and oxygen atoms in total. The van der Waals surface area contributed by atoms with Crippen molar-refractivity contribution in [3.05, 3.63) is 133 Å². The first-order valence-electron chi connectivity index (χ1n) is 27.0. The van der Waals surface area contributed by atoms with Crippen LogP contribution < -0.4 is 24.6 Å². The molecule has 2 aliphatic heterocycles. The van der Waals surface area contributed by atoms with Crippen LogP contribution in [0.3, 0.4) is 0 Å². The highest BCUT2D eigenvalue weighted by Crippen LogP contribution is 2.40. The van der Waals surface area contributed by atoms with Crippen LogP contribution in [0.1, 0.15) is 122 Å². The monoisotopic (exact) mass is 959 g/mol. The zero-order valence-corrected chi connectivity index (χ0v) is 43.8. The molecule has 0 amide bonds. The highest BCUT2D eigenvalue weighted by Gasteiger charge is 2.32. The smallest absolute Gasteiger partial charge is 0.150 e. The first-order valence-corrected chi connectivity index (χ1v) is 27.0. The van der Waals surface area contributed by atoms with Crippen LogP contribution in [0.5, 0.6) is 11.5 Å². The van der Waals surface area contributed by atoms with Crippen molar-refractivity contribution in [2.45, 2.75) is 125 Å². The topological polar surface area (TPSA) is 83.1 Å². The fourth-order valence-electron chi connectivity index (χ4n) is 11.1. The fraction of sp³-hybridized carbons (Fsp3) is 0.500. The number of carbonyl (C=O) groups excluding carboxylic acids is 1. The highest BCUT2D eigenvalue weighted by molar-refractivity contribution is 5.89. The molecule has 2 aromatic heterocycles. The fourth-order valence-corrected chi connectivity index (χ4v) is 11.1. The molecular weight excluding hydrogens is 877 g/mol. The van der Waals surface area contributed by atoms with E-state index in [0.717, 1.165) is 124 Å². The van der Waals surface area contributed by atoms with Gasteiger partial charge in [-0.15, -0.1) is 0 Å². The molecule has 2 saturated carbocycles. The SMILES string of the molecule is CC(C)(C)C1CCC(Oc2ccc3cc(C=O)ccc3c2)CC1.CC(C)(C)C1CCC(Oc2ccc3cc(CN4CCCN(c5ccccn5)CC4)ccc3c2)CC1.c1ccc(N2CCCNCC2)nc1. The maximum absolute atomic E-state index is 10.9. The van der Waals surface area contributed by atoms with Crippen LogP contribution in [0.25, 0.3) is 21.5 Å². The van der Waals surface area contributed by atoms with Gasteiger partial charge in [0.25, 0.3) is 0 Å². The first-order chi connectivity index (χ1) is 34.4. The molecule has 4 fully saturated rings. The summed E-state index contributed by atoms with van der Waals surface area (Å²) in [6.45, 7) is 23.8. The number of benzene rings is 4. The van der Waals surface area contributed by atoms with Gasteiger partial charge in [-0.2, -0.15) is 0 Å². The number of hydrogen-bond donors (Lipinski definition) is 1. The second-order valence-electron chi connectivity index (χ2n) is 22.7. The van der Waals surface area contributed by atoms with Crippen molar-refractivity contribution in [3.8, 4) is 11.5 Å². The summed E-state index contributed by atoms with van der Waals surface area (Å²) in [5, 5.41) is 8.15. The van der Waals surface area contributed by atoms with Crippen LogP contribution in [0.15, 0.2) is 122 Å². The lowest BCUT2D eigenvalue weighted by atomic mass is 9.72. The molecule has 0 atom stereocenters. The van der Waals surface area contributed by atoms with E-state index in [4.69, 9.17) is 9.47 Å². The van der Waals surface area contributed by atoms with E-state index in [1.54, 1.807) is 0 Å². The average molecular weight is 959 g/mol. The molecule has 0 radical (unpaired) electrons. The number of fused-ring (bicyclic) bond motifs is 2. The van der Waals surface area contributed by atoms with Crippen LogP contribution in [-0.4, -0.2) is 85.7 Å². The second-order valence-corrected chi connectivity index (χ2v) is 22.7. The summed E-state index contributed by atoms with van der Waals surface area (Å²) < 4.78 is 12.6. The number of nitrogens with one attached hydrogen (secondary N) is 1. The van der Waals surface area contributed by atoms with E-state index in [1.807, 2.05) is 60.9 Å². The van der Waals surface area contributed by atoms with Crippen LogP contribution in [-0.2, 0) is 6.54 Å². The van der Waals surface area contributed by atoms with Crippen LogP contribution in [0, 0.1) is 22.7 Å². The predicted octanol–water partition coefficient (Wildman–Crippen LogP) is 13.4. The maximum Gasteiger partial charge on any atom is 0.150 e. The lowest BCUT2D eigenvalue weighted by Gasteiger charge is -2.37. The van der Waals surface area contributed by atoms with Gasteiger partial charge in [-0.25, -0.2) is 9.97 Å². The number of aldehydes is 1. The van der Waals surface area contributed by atoms with Gasteiger partial charge < -0.3 is 24.6 Å². The van der Waals surface area contributed by atoms with Gasteiger partial charge in [0, 0.05) is 70.3 Å². The summed E-state index contributed by atoms with van der Waals surface area (Å²) >= 11 is 0. The minimum atomic E-state index is 0.334. The van der Waals surface area contributed by atoms with Crippen molar-refractivity contribution in [2.75, 3.05) is 62.2 Å². The quantitative estimate of drug-likeness (QED) is 0.142. The lowest BCUT2D eigenvalue weighted by molar-refractivity contribution is 0.0881. The number of pyridine rings is 2. The summed E-state index contributed by atoms with van der Waals surface area (Å²) in [7, 11) is 0. The zero-order valence-electron chi connectivity index (χ0n) is 43.8. The number of nitrogens with zero attached hydrogens (tertiary/aromatic N) is 5. The summed E-state index contributed by atoms with van der Waals surface area (Å²) in [4.78, 5) is 27.1. The Hall–Kier alpha value is -5.51. The average Bonchev–Trinajstić information content (AvgIpc) is 3.81. The standard InChI is InChI=1S/C31H41N3O.C21H26O2.C10H15N3/c1-31(2,3)27-11-14-28(15-12-27)35-29-13-10-25-21-24(8-9-26(25)22-29)23-33-17-6-18-34(20-19-33)30-7-4-5-16-32-30;1-21(2,3)18-7-10-19(11-8-18)23-20-9-6-16-12-15(14-22)4-5-17(16)13-20;1-2-6-12-10(4-1)13-8-3-5-11-7-9-13/h4-5,7-10,13,16,21-22,27-28H,6,11-12,14-15,17-20,23H2,1-3H3;4-6,9,12-14,18-19H,7-8,10-11H2,1-3H3;1-2,4,6,11H,3,5,7-9H2. The van der Waals surface area contributed by atoms with E-state index >= 15 is 0 Å². The molecule has 9 heteroatoms. The molecule has 378 valence electrons. The number of hydrogen-bond acceptors (Lipinski definition) is 9. The third kappa shape index (κ3) is 15.3. The van der Waals surface area contributed by atoms with Crippen molar-refractivity contribution in [3.63, 3.8) is 0 Å². The molecule has 0 spiro atoms. The molecule has 4 heterocycles. The lowest BCUT2D eigenvalue weighted by Crippen LogP contribution is -2.30. The first kappa shape index (κ1) is 51.8. The van der Waals surface area contributed by atoms with Crippen molar-refractivity contribution in [1.82, 2.24) is 20.2 Å². The molecule has 2 aliphatic carbocycles. The van der Waals surface area contributed by atoms with Crippen molar-refractivity contribution in [2.24, 2.45) is 22.7 Å². The molecule has 1 N–H and O–H groups in total. The molecule has 0 unspecified atom stereocenters. The molecule has 71 heavy (non-hydrogen) atoms. The summed E-state index contributed by atoms with van der Waals surface area (Å²) in [5.41, 5.74) is 2.92. The van der Waals surface area contributed by atoms with Gasteiger partial charge in [-0.1, -0.05) is 90.1 Å². The normalized spacial score (nSPS) is 21.4. The Bertz CT molecular complexity index is 2550. The molecule has 2 saturated heterocycles. The molecule has 6 aromatic rings. The van der Waals surface area contributed by atoms with Crippen LogP contribution >= 0.6 is 0 Å². The molecule has 10 rings (SSSR count). The number of ether oxygens (including phenoxy) is 2. The van der Waals surface area contributed by atoms with Gasteiger partial charge in [0.15, 0.2) is 0 Å². The van der Waals surface area contributed by atoms with E-state index in [2.05, 4.69) is 132 Å². The van der Waals surface area contributed by atoms with Crippen molar-refractivity contribution >= 4 is 39.5 Å². The minimum Gasteiger partial charge on any atom is -0.490 e. The zero-order chi connectivity index (χ0) is 49.6. The van der Waals surface area contributed by atoms with Gasteiger partial charge in [-0.05, 0) is 181 Å². The van der Waals surface area contributed by atoms with E-state index in [0.29, 0.717) is 28.6 Å². The Morgan fingerprint density at radius 2 is 1.06 bits per heavy atom. The molecular formula is C62H82N6O3. The maximum atomic E-state index is 10.9. The van der Waals surface area contributed by atoms with Crippen molar-refractivity contribution < 1.29 is 14.3 Å². The summed E-state index contributed by atoms with van der Waals surface area (Å²) in [5.74, 6) is 5.79. The number of aromatic nitrogens is 2. The summed E-state index contributed by atoms with van der Waals surface area (Å²) in [6.07, 6.45) is 17.4. The highest BCUT2D eigenvalue weighted by atomic mass is 16.5. The Balaban J connectivity index is 0.000000160. The third-order valence-electron chi connectivity index (χ3n) is 15.5. The van der Waals surface area contributed by atoms with E-state index in [-0.39, 0.29) is 0 Å². The van der Waals surface area contributed by atoms with Gasteiger partial charge in [-0.3, -0.25) is 9.69 Å². The predicted molar refractivity (Wildman–Crippen MR) is 295 cm³/mol. The summed E-state index contributed by atoms with van der Waals surface area (Å²) in [6, 6.07) is 37.7. The Kier molecular flexibility index (Phi) is 18.1. The van der Waals surface area contributed by atoms with E-state index < -0.39 is 0 Å². The Labute approximate surface area is 425 Å². The number of rotatable bonds is 9. The Morgan fingerprint density at radius 3 is 1.61 bits per heavy atom. The van der Waals surface area contributed by atoms with Gasteiger partial charge in [0.1, 0.15) is 29.4 Å². The van der Waals surface area contributed by atoms with Gasteiger partial charge in [0.2, 0.25) is 0 Å². The minimum absolute atomic E-state index is 0.334. The van der Waals surface area contributed by atoms with Crippen molar-refractivity contribution in [1.29, 1.82) is 0 Å². The van der Waals surface area contributed by atoms with Gasteiger partial charge in [0.05, 0.1) is 12.2 Å².